The highest BCUT2D eigenvalue weighted by Gasteiger charge is 2.19. The summed E-state index contributed by atoms with van der Waals surface area (Å²) in [4.78, 5) is 26.3. The van der Waals surface area contributed by atoms with Gasteiger partial charge in [-0.25, -0.2) is 4.79 Å². The highest BCUT2D eigenvalue weighted by molar-refractivity contribution is 6.04. The molecule has 1 fully saturated rings. The van der Waals surface area contributed by atoms with E-state index in [0.717, 1.165) is 18.8 Å². The number of amides is 2. The van der Waals surface area contributed by atoms with Gasteiger partial charge in [0.1, 0.15) is 0 Å². The summed E-state index contributed by atoms with van der Waals surface area (Å²) in [5.41, 5.74) is 6.92. The number of ketones is 1. The van der Waals surface area contributed by atoms with Crippen LogP contribution in [0.1, 0.15) is 10.4 Å². The number of carbonyl (C=O) groups excluding carboxylic acids is 2. The molecule has 1 aliphatic rings. The molecule has 0 unspecified atom stereocenters. The fourth-order valence-electron chi connectivity index (χ4n) is 2.14. The van der Waals surface area contributed by atoms with Crippen LogP contribution in [-0.2, 0) is 0 Å². The number of hydrogen-bond donors (Lipinski definition) is 1. The number of urea groups is 1. The first-order valence-corrected chi connectivity index (χ1v) is 6.18. The van der Waals surface area contributed by atoms with Crippen LogP contribution in [0.3, 0.4) is 0 Å². The molecule has 1 aliphatic heterocycles. The molecule has 1 heterocycles. The molecule has 19 heavy (non-hydrogen) atoms. The fourth-order valence-corrected chi connectivity index (χ4v) is 2.14. The van der Waals surface area contributed by atoms with E-state index in [1.54, 1.807) is 17.0 Å². The number of nitrogens with zero attached hydrogens (tertiary/aromatic N) is 2. The van der Waals surface area contributed by atoms with E-state index in [1.807, 2.05) is 12.1 Å². The van der Waals surface area contributed by atoms with Gasteiger partial charge in [0.15, 0.2) is 5.78 Å². The van der Waals surface area contributed by atoms with Gasteiger partial charge in [-0.2, -0.15) is 0 Å². The van der Waals surface area contributed by atoms with E-state index in [9.17, 15) is 9.59 Å². The maximum atomic E-state index is 11.4. The lowest BCUT2D eigenvalue weighted by Crippen LogP contribution is -2.50. The van der Waals surface area contributed by atoms with Gasteiger partial charge in [0.2, 0.25) is 0 Å². The van der Waals surface area contributed by atoms with Crippen molar-refractivity contribution >= 4 is 17.5 Å². The van der Waals surface area contributed by atoms with E-state index in [0.29, 0.717) is 18.7 Å². The van der Waals surface area contributed by atoms with Gasteiger partial charge in [0, 0.05) is 37.4 Å². The third-order valence-electron chi connectivity index (χ3n) is 3.29. The lowest BCUT2D eigenvalue weighted by Gasteiger charge is -2.35. The van der Waals surface area contributed by atoms with Crippen molar-refractivity contribution in [3.05, 3.63) is 42.5 Å². The van der Waals surface area contributed by atoms with E-state index >= 15 is 0 Å². The van der Waals surface area contributed by atoms with Crippen LogP contribution < -0.4 is 10.6 Å². The number of anilines is 1. The molecule has 5 nitrogen and oxygen atoms in total. The second kappa shape index (κ2) is 5.56. The first-order chi connectivity index (χ1) is 9.11. The fraction of sp³-hybridized carbons (Fsp3) is 0.286. The number of carbonyl (C=O) groups is 2. The van der Waals surface area contributed by atoms with Gasteiger partial charge in [-0.1, -0.05) is 6.58 Å². The highest BCUT2D eigenvalue weighted by Crippen LogP contribution is 2.17. The zero-order valence-corrected chi connectivity index (χ0v) is 10.7. The predicted octanol–water partition coefficient (Wildman–Crippen LogP) is 1.26. The molecule has 0 radical (unpaired) electrons. The highest BCUT2D eigenvalue weighted by atomic mass is 16.2. The van der Waals surface area contributed by atoms with Crippen molar-refractivity contribution in [3.8, 4) is 0 Å². The first-order valence-electron chi connectivity index (χ1n) is 6.18. The quantitative estimate of drug-likeness (QED) is 0.656. The Morgan fingerprint density at radius 3 is 2.16 bits per heavy atom. The van der Waals surface area contributed by atoms with E-state index in [2.05, 4.69) is 11.5 Å². The summed E-state index contributed by atoms with van der Waals surface area (Å²) in [6, 6.07) is 7.04. The normalized spacial score (nSPS) is 15.2. The molecule has 2 rings (SSSR count). The molecule has 2 N–H and O–H groups in total. The SMILES string of the molecule is C=CC(=O)c1ccc(N2CCN(C(N)=O)CC2)cc1. The van der Waals surface area contributed by atoms with Gasteiger partial charge >= 0.3 is 6.03 Å². The van der Waals surface area contributed by atoms with Crippen LogP contribution in [-0.4, -0.2) is 42.9 Å². The van der Waals surface area contributed by atoms with Crippen LogP contribution >= 0.6 is 0 Å². The molecule has 0 bridgehead atoms. The Labute approximate surface area is 112 Å². The number of piperazine rings is 1. The number of primary amides is 1. The Kier molecular flexibility index (Phi) is 3.85. The van der Waals surface area contributed by atoms with E-state index < -0.39 is 0 Å². The third kappa shape index (κ3) is 2.93. The number of rotatable bonds is 3. The minimum Gasteiger partial charge on any atom is -0.368 e. The van der Waals surface area contributed by atoms with Crippen molar-refractivity contribution in [1.29, 1.82) is 0 Å². The molecule has 5 heteroatoms. The maximum absolute atomic E-state index is 11.4. The second-order valence-electron chi connectivity index (χ2n) is 4.43. The predicted molar refractivity (Wildman–Crippen MR) is 74.3 cm³/mol. The molecule has 1 aromatic carbocycles. The van der Waals surface area contributed by atoms with Crippen LogP contribution in [0.2, 0.25) is 0 Å². The molecule has 1 saturated heterocycles. The first kappa shape index (κ1) is 13.1. The Balaban J connectivity index is 2.02. The minimum atomic E-state index is -0.369. The largest absolute Gasteiger partial charge is 0.368 e. The molecule has 0 aliphatic carbocycles. The Morgan fingerprint density at radius 1 is 1.11 bits per heavy atom. The summed E-state index contributed by atoms with van der Waals surface area (Å²) < 4.78 is 0. The zero-order chi connectivity index (χ0) is 13.8. The monoisotopic (exact) mass is 259 g/mol. The topological polar surface area (TPSA) is 66.6 Å². The van der Waals surface area contributed by atoms with Gasteiger partial charge < -0.3 is 15.5 Å². The van der Waals surface area contributed by atoms with Gasteiger partial charge in [-0.15, -0.1) is 0 Å². The Morgan fingerprint density at radius 2 is 1.68 bits per heavy atom. The third-order valence-corrected chi connectivity index (χ3v) is 3.29. The van der Waals surface area contributed by atoms with Crippen molar-refractivity contribution in [1.82, 2.24) is 4.90 Å². The van der Waals surface area contributed by atoms with Gasteiger partial charge in [-0.05, 0) is 30.3 Å². The van der Waals surface area contributed by atoms with Crippen molar-refractivity contribution in [3.63, 3.8) is 0 Å². The van der Waals surface area contributed by atoms with Crippen LogP contribution in [0, 0.1) is 0 Å². The lowest BCUT2D eigenvalue weighted by molar-refractivity contribution is 0.104. The molecule has 0 aromatic heterocycles. The lowest BCUT2D eigenvalue weighted by atomic mass is 10.1. The van der Waals surface area contributed by atoms with Crippen LogP contribution in [0.5, 0.6) is 0 Å². The summed E-state index contributed by atoms with van der Waals surface area (Å²) in [5, 5.41) is 0. The summed E-state index contributed by atoms with van der Waals surface area (Å²) in [6.45, 7) is 6.22. The molecular formula is C14H17N3O2. The van der Waals surface area contributed by atoms with E-state index in [1.165, 1.54) is 6.08 Å². The molecule has 0 spiro atoms. The summed E-state index contributed by atoms with van der Waals surface area (Å²) in [7, 11) is 0. The molecule has 100 valence electrons. The van der Waals surface area contributed by atoms with Crippen LogP contribution in [0.15, 0.2) is 36.9 Å². The van der Waals surface area contributed by atoms with Crippen LogP contribution in [0.25, 0.3) is 0 Å². The number of nitrogens with two attached hydrogens (primary N) is 1. The number of allylic oxidation sites excluding steroid dienone is 1. The van der Waals surface area contributed by atoms with Gasteiger partial charge in [0.25, 0.3) is 0 Å². The zero-order valence-electron chi connectivity index (χ0n) is 10.7. The molecule has 0 atom stereocenters. The summed E-state index contributed by atoms with van der Waals surface area (Å²) in [6.07, 6.45) is 1.31. The molecule has 0 saturated carbocycles. The smallest absolute Gasteiger partial charge is 0.314 e. The Bertz CT molecular complexity index is 488. The van der Waals surface area contributed by atoms with Crippen molar-refractivity contribution < 1.29 is 9.59 Å². The van der Waals surface area contributed by atoms with Gasteiger partial charge in [0.05, 0.1) is 0 Å². The molecular weight excluding hydrogens is 242 g/mol. The number of benzene rings is 1. The van der Waals surface area contributed by atoms with Gasteiger partial charge in [-0.3, -0.25) is 4.79 Å². The van der Waals surface area contributed by atoms with Crippen molar-refractivity contribution in [2.24, 2.45) is 5.73 Å². The van der Waals surface area contributed by atoms with Crippen molar-refractivity contribution in [2.45, 2.75) is 0 Å². The second-order valence-corrected chi connectivity index (χ2v) is 4.43. The summed E-state index contributed by atoms with van der Waals surface area (Å²) >= 11 is 0. The maximum Gasteiger partial charge on any atom is 0.314 e. The summed E-state index contributed by atoms with van der Waals surface area (Å²) in [5.74, 6) is -0.0786. The average molecular weight is 259 g/mol. The van der Waals surface area contributed by atoms with E-state index in [-0.39, 0.29) is 11.8 Å². The molecule has 2 amide bonds. The van der Waals surface area contributed by atoms with Crippen LogP contribution in [0.4, 0.5) is 10.5 Å². The minimum absolute atomic E-state index is 0.0786. The molecule has 1 aromatic rings. The van der Waals surface area contributed by atoms with Crippen molar-refractivity contribution in [2.75, 3.05) is 31.1 Å². The standard InChI is InChI=1S/C14H17N3O2/c1-2-13(18)11-3-5-12(6-4-11)16-7-9-17(10-8-16)14(15)19/h2-6H,1,7-10H2,(H2,15,19). The average Bonchev–Trinajstić information content (AvgIpc) is 2.46. The van der Waals surface area contributed by atoms with E-state index in [4.69, 9.17) is 5.73 Å². The Hall–Kier alpha value is -2.30. The number of hydrogen-bond acceptors (Lipinski definition) is 3.